The lowest BCUT2D eigenvalue weighted by Crippen LogP contribution is -1.99. The molecule has 0 spiro atoms. The molecular formula is C38H41N3O. The molecule has 1 aromatic carbocycles. The highest BCUT2D eigenvalue weighted by atomic mass is 16.1. The molecule has 2 aliphatic carbocycles. The van der Waals surface area contributed by atoms with Crippen molar-refractivity contribution in [1.29, 1.82) is 0 Å². The largest absolute Gasteiger partial charge is 0.352 e. The van der Waals surface area contributed by atoms with Gasteiger partial charge < -0.3 is 4.98 Å². The topological polar surface area (TPSA) is 57.6 Å². The number of aryl methyl sites for hydroxylation is 1. The van der Waals surface area contributed by atoms with Crippen molar-refractivity contribution in [2.45, 2.75) is 53.4 Å². The number of carbonyl (C=O) groups excluding carboxylic acids is 1. The van der Waals surface area contributed by atoms with Crippen LogP contribution in [0.1, 0.15) is 68.6 Å². The van der Waals surface area contributed by atoms with Gasteiger partial charge in [0.2, 0.25) is 5.78 Å². The highest BCUT2D eigenvalue weighted by Gasteiger charge is 2.13. The number of aromatic amines is 1. The summed E-state index contributed by atoms with van der Waals surface area (Å²) in [4.78, 5) is 26.0. The fourth-order valence-corrected chi connectivity index (χ4v) is 5.15. The molecule has 0 amide bonds. The van der Waals surface area contributed by atoms with Crippen LogP contribution in [-0.2, 0) is 6.42 Å². The maximum absolute atomic E-state index is 13.2. The van der Waals surface area contributed by atoms with Crippen LogP contribution in [0.2, 0.25) is 0 Å². The minimum atomic E-state index is -0.0298. The molecule has 1 aromatic heterocycles. The van der Waals surface area contributed by atoms with Crippen LogP contribution < -0.4 is 0 Å². The molecule has 1 N–H and O–H groups in total. The van der Waals surface area contributed by atoms with Crippen LogP contribution in [0.4, 0.5) is 0 Å². The summed E-state index contributed by atoms with van der Waals surface area (Å²) in [6.45, 7) is 20.4. The van der Waals surface area contributed by atoms with E-state index in [9.17, 15) is 4.79 Å². The minimum Gasteiger partial charge on any atom is -0.352 e. The summed E-state index contributed by atoms with van der Waals surface area (Å²) in [7, 11) is 0. The SMILES string of the molecule is C=C/C=C(\N=C(C=C)N=Cc1cc(CC)c2[nH]c(C(=O)/C=C(/C)CC3=CCC(C)=CC3=C)cc2c1)C1=CCC(C)C=C1. The molecule has 2 aliphatic rings. The van der Waals surface area contributed by atoms with Crippen LogP contribution in [0.5, 0.6) is 0 Å². The molecule has 0 fully saturated rings. The molecule has 0 aliphatic heterocycles. The highest BCUT2D eigenvalue weighted by Crippen LogP contribution is 2.27. The monoisotopic (exact) mass is 555 g/mol. The van der Waals surface area contributed by atoms with Crippen LogP contribution in [0.25, 0.3) is 10.9 Å². The third-order valence-electron chi connectivity index (χ3n) is 7.48. The number of ketones is 1. The molecule has 4 heteroatoms. The first kappa shape index (κ1) is 30.4. The van der Waals surface area contributed by atoms with Gasteiger partial charge in [-0.3, -0.25) is 4.79 Å². The number of aliphatic imine (C=N–C) groups is 2. The van der Waals surface area contributed by atoms with E-state index in [-0.39, 0.29) is 5.78 Å². The molecule has 4 nitrogen and oxygen atoms in total. The lowest BCUT2D eigenvalue weighted by Gasteiger charge is -2.14. The summed E-state index contributed by atoms with van der Waals surface area (Å²) in [5.41, 5.74) is 10.0. The molecule has 214 valence electrons. The summed E-state index contributed by atoms with van der Waals surface area (Å²) in [5, 5.41) is 0.977. The van der Waals surface area contributed by atoms with E-state index in [2.05, 4.69) is 86.9 Å². The maximum atomic E-state index is 13.2. The number of hydrogen-bond donors (Lipinski definition) is 1. The van der Waals surface area contributed by atoms with Gasteiger partial charge in [-0.15, -0.1) is 0 Å². The number of amidine groups is 1. The van der Waals surface area contributed by atoms with E-state index in [1.165, 1.54) is 11.1 Å². The molecule has 0 bridgehead atoms. The van der Waals surface area contributed by atoms with Gasteiger partial charge in [0.25, 0.3) is 0 Å². The number of nitrogens with one attached hydrogen (secondary N) is 1. The van der Waals surface area contributed by atoms with Gasteiger partial charge in [0.05, 0.1) is 11.4 Å². The van der Waals surface area contributed by atoms with Crippen LogP contribution in [-0.4, -0.2) is 22.8 Å². The summed E-state index contributed by atoms with van der Waals surface area (Å²) in [5.74, 6) is 1.01. The van der Waals surface area contributed by atoms with Crippen molar-refractivity contribution < 1.29 is 4.79 Å². The molecule has 0 radical (unpaired) electrons. The van der Waals surface area contributed by atoms with E-state index in [0.717, 1.165) is 70.1 Å². The maximum Gasteiger partial charge on any atom is 0.201 e. The Hall–Kier alpha value is -4.57. The van der Waals surface area contributed by atoms with Crippen LogP contribution >= 0.6 is 0 Å². The fourth-order valence-electron chi connectivity index (χ4n) is 5.15. The van der Waals surface area contributed by atoms with E-state index in [0.29, 0.717) is 17.4 Å². The number of nitrogens with zero attached hydrogens (tertiary/aromatic N) is 2. The van der Waals surface area contributed by atoms with Crippen molar-refractivity contribution in [1.82, 2.24) is 4.98 Å². The quantitative estimate of drug-likeness (QED) is 0.102. The predicted octanol–water partition coefficient (Wildman–Crippen LogP) is 9.68. The van der Waals surface area contributed by atoms with E-state index >= 15 is 0 Å². The number of hydrogen-bond acceptors (Lipinski definition) is 2. The third kappa shape index (κ3) is 7.58. The van der Waals surface area contributed by atoms with Crippen molar-refractivity contribution in [3.63, 3.8) is 0 Å². The zero-order chi connectivity index (χ0) is 30.2. The Morgan fingerprint density at radius 1 is 1.19 bits per heavy atom. The van der Waals surface area contributed by atoms with Gasteiger partial charge in [-0.1, -0.05) is 81.2 Å². The van der Waals surface area contributed by atoms with E-state index in [1.54, 1.807) is 24.4 Å². The van der Waals surface area contributed by atoms with Gasteiger partial charge in [-0.05, 0) is 110 Å². The number of H-pyrrole nitrogens is 1. The minimum absolute atomic E-state index is 0.0298. The van der Waals surface area contributed by atoms with Crippen molar-refractivity contribution in [3.8, 4) is 0 Å². The van der Waals surface area contributed by atoms with Crippen molar-refractivity contribution in [2.24, 2.45) is 15.9 Å². The number of aromatic nitrogens is 1. The number of allylic oxidation sites excluding steroid dienone is 12. The third-order valence-corrected chi connectivity index (χ3v) is 7.48. The lowest BCUT2D eigenvalue weighted by atomic mass is 9.91. The summed E-state index contributed by atoms with van der Waals surface area (Å²) >= 11 is 0. The first-order valence-electron chi connectivity index (χ1n) is 14.6. The number of fused-ring (bicyclic) bond motifs is 1. The van der Waals surface area contributed by atoms with Crippen molar-refractivity contribution in [3.05, 3.63) is 143 Å². The van der Waals surface area contributed by atoms with Crippen molar-refractivity contribution in [2.75, 3.05) is 0 Å². The Morgan fingerprint density at radius 3 is 2.67 bits per heavy atom. The Kier molecular flexibility index (Phi) is 10.0. The smallest absolute Gasteiger partial charge is 0.201 e. The second-order valence-electron chi connectivity index (χ2n) is 11.1. The summed E-state index contributed by atoms with van der Waals surface area (Å²) < 4.78 is 0. The molecular weight excluding hydrogens is 514 g/mol. The zero-order valence-corrected chi connectivity index (χ0v) is 25.3. The van der Waals surface area contributed by atoms with E-state index in [1.807, 2.05) is 25.1 Å². The van der Waals surface area contributed by atoms with Crippen molar-refractivity contribution >= 4 is 28.7 Å². The van der Waals surface area contributed by atoms with Gasteiger partial charge in [0.15, 0.2) is 5.84 Å². The van der Waals surface area contributed by atoms with Gasteiger partial charge >= 0.3 is 0 Å². The Bertz CT molecular complexity index is 1670. The van der Waals surface area contributed by atoms with Crippen LogP contribution in [0.3, 0.4) is 0 Å². The van der Waals surface area contributed by atoms with Crippen LogP contribution in [0.15, 0.2) is 136 Å². The number of carbonyl (C=O) groups is 1. The lowest BCUT2D eigenvalue weighted by molar-refractivity contribution is 0.104. The number of benzene rings is 1. The molecule has 1 unspecified atom stereocenters. The predicted molar refractivity (Wildman–Crippen MR) is 180 cm³/mol. The summed E-state index contributed by atoms with van der Waals surface area (Å²) in [6, 6.07) is 6.07. The molecule has 1 heterocycles. The average molecular weight is 556 g/mol. The highest BCUT2D eigenvalue weighted by molar-refractivity contribution is 6.08. The molecule has 4 rings (SSSR count). The molecule has 1 atom stereocenters. The Labute approximate surface area is 250 Å². The van der Waals surface area contributed by atoms with E-state index < -0.39 is 0 Å². The fraction of sp³-hybridized carbons (Fsp3) is 0.237. The van der Waals surface area contributed by atoms with Gasteiger partial charge in [-0.25, -0.2) is 9.98 Å². The second kappa shape index (κ2) is 13.9. The Balaban J connectivity index is 1.56. The van der Waals surface area contributed by atoms with Gasteiger partial charge in [0, 0.05) is 17.1 Å². The zero-order valence-electron chi connectivity index (χ0n) is 25.3. The van der Waals surface area contributed by atoms with Crippen LogP contribution in [0, 0.1) is 5.92 Å². The molecule has 42 heavy (non-hydrogen) atoms. The number of rotatable bonds is 10. The average Bonchev–Trinajstić information content (AvgIpc) is 3.41. The van der Waals surface area contributed by atoms with Gasteiger partial charge in [0.1, 0.15) is 0 Å². The normalized spacial score (nSPS) is 18.3. The standard InChI is InChI=1S/C38H41N3O/c1-8-11-34(31-15-12-25(4)13-16-31)40-37(10-3)39-24-29-21-30(9-2)38-33(22-29)23-35(41-38)36(42)20-27(6)19-32-17-14-26(5)18-28(32)7/h8,10-12,15-18,20-25,41H,1,3,7,9,13-14,19H2,2,4-6H3/b27-20-,34-11-,39-24?,40-37?. The summed E-state index contributed by atoms with van der Waals surface area (Å²) in [6.07, 6.45) is 23.1. The first-order chi connectivity index (χ1) is 20.2. The second-order valence-corrected chi connectivity index (χ2v) is 11.1. The molecule has 0 saturated heterocycles. The Morgan fingerprint density at radius 2 is 2.00 bits per heavy atom. The van der Waals surface area contributed by atoms with Gasteiger partial charge in [-0.2, -0.15) is 0 Å². The van der Waals surface area contributed by atoms with E-state index in [4.69, 9.17) is 4.99 Å². The first-order valence-corrected chi connectivity index (χ1v) is 14.6. The molecule has 0 saturated carbocycles. The molecule has 2 aromatic rings.